The highest BCUT2D eigenvalue weighted by atomic mass is 127. The Morgan fingerprint density at radius 2 is 2.06 bits per heavy atom. The van der Waals surface area contributed by atoms with E-state index in [1.807, 2.05) is 0 Å². The molecule has 0 amide bonds. The van der Waals surface area contributed by atoms with Crippen molar-refractivity contribution in [3.63, 3.8) is 0 Å². The van der Waals surface area contributed by atoms with Crippen LogP contribution in [-0.2, 0) is 10.3 Å². The Kier molecular flexibility index (Phi) is 3.72. The van der Waals surface area contributed by atoms with Gasteiger partial charge in [-0.05, 0) is 35.4 Å². The first-order valence-corrected chi connectivity index (χ1v) is 6.71. The summed E-state index contributed by atoms with van der Waals surface area (Å²) in [5.74, 6) is 0.231. The van der Waals surface area contributed by atoms with E-state index in [4.69, 9.17) is 4.74 Å². The second kappa shape index (κ2) is 4.93. The molecule has 1 fully saturated rings. The Balaban J connectivity index is 2.47. The van der Waals surface area contributed by atoms with Crippen LogP contribution in [0.15, 0.2) is 4.79 Å². The molecule has 0 radical (unpaired) electrons. The number of aromatic nitrogens is 2. The van der Waals surface area contributed by atoms with Crippen molar-refractivity contribution >= 4 is 22.6 Å². The first kappa shape index (κ1) is 12.8. The first-order valence-electron chi connectivity index (χ1n) is 5.63. The van der Waals surface area contributed by atoms with Gasteiger partial charge in [0.1, 0.15) is 15.0 Å². The number of hydrogen-bond acceptors (Lipinski definition) is 4. The molecule has 1 aromatic rings. The molecule has 1 aromatic heterocycles. The molecule has 1 aliphatic carbocycles. The van der Waals surface area contributed by atoms with Crippen molar-refractivity contribution in [3.8, 4) is 5.88 Å². The minimum atomic E-state index is -0.542. The SMILES string of the molecule is COC1(c2nc(O)c(I)c(=O)[nH]2)CCCCC1. The van der Waals surface area contributed by atoms with Gasteiger partial charge in [0, 0.05) is 7.11 Å². The van der Waals surface area contributed by atoms with Crippen LogP contribution < -0.4 is 5.56 Å². The third-order valence-corrected chi connectivity index (χ3v) is 4.30. The highest BCUT2D eigenvalue weighted by molar-refractivity contribution is 14.1. The summed E-state index contributed by atoms with van der Waals surface area (Å²) in [6.45, 7) is 0. The predicted molar refractivity (Wildman–Crippen MR) is 71.0 cm³/mol. The second-order valence-electron chi connectivity index (χ2n) is 4.31. The topological polar surface area (TPSA) is 75.2 Å². The van der Waals surface area contributed by atoms with Gasteiger partial charge in [-0.15, -0.1) is 0 Å². The summed E-state index contributed by atoms with van der Waals surface area (Å²) in [6, 6.07) is 0. The molecule has 2 N–H and O–H groups in total. The van der Waals surface area contributed by atoms with Crippen LogP contribution in [0.4, 0.5) is 0 Å². The zero-order valence-electron chi connectivity index (χ0n) is 9.62. The molecule has 1 saturated carbocycles. The largest absolute Gasteiger partial charge is 0.492 e. The number of nitrogens with one attached hydrogen (secondary N) is 1. The summed E-state index contributed by atoms with van der Waals surface area (Å²) in [6.07, 6.45) is 4.92. The van der Waals surface area contributed by atoms with Gasteiger partial charge in [0.25, 0.3) is 5.56 Å². The van der Waals surface area contributed by atoms with Crippen molar-refractivity contribution in [2.24, 2.45) is 0 Å². The highest BCUT2D eigenvalue weighted by Gasteiger charge is 2.37. The number of halogens is 1. The van der Waals surface area contributed by atoms with Crippen LogP contribution in [0.1, 0.15) is 37.9 Å². The number of H-pyrrole nitrogens is 1. The molecule has 5 nitrogen and oxygen atoms in total. The molecule has 0 atom stereocenters. The third-order valence-electron chi connectivity index (χ3n) is 3.33. The lowest BCUT2D eigenvalue weighted by Gasteiger charge is -2.34. The average molecular weight is 350 g/mol. The van der Waals surface area contributed by atoms with E-state index in [-0.39, 0.29) is 15.0 Å². The third kappa shape index (κ3) is 2.33. The van der Waals surface area contributed by atoms with Gasteiger partial charge < -0.3 is 14.8 Å². The van der Waals surface area contributed by atoms with Crippen molar-refractivity contribution in [2.45, 2.75) is 37.7 Å². The van der Waals surface area contributed by atoms with Gasteiger partial charge in [0.2, 0.25) is 5.88 Å². The first-order chi connectivity index (χ1) is 8.09. The summed E-state index contributed by atoms with van der Waals surface area (Å²) < 4.78 is 5.78. The number of methoxy groups -OCH3 is 1. The lowest BCUT2D eigenvalue weighted by Crippen LogP contribution is -2.35. The Labute approximate surface area is 113 Å². The summed E-state index contributed by atoms with van der Waals surface area (Å²) >= 11 is 1.78. The molecule has 1 aliphatic rings. The van der Waals surface area contributed by atoms with Gasteiger partial charge in [-0.2, -0.15) is 4.98 Å². The number of aromatic amines is 1. The summed E-state index contributed by atoms with van der Waals surface area (Å²) in [7, 11) is 1.63. The molecule has 2 rings (SSSR count). The summed E-state index contributed by atoms with van der Waals surface area (Å²) in [5, 5.41) is 9.63. The average Bonchev–Trinajstić information content (AvgIpc) is 2.36. The second-order valence-corrected chi connectivity index (χ2v) is 5.39. The molecule has 0 aliphatic heterocycles. The lowest BCUT2D eigenvalue weighted by molar-refractivity contribution is -0.0520. The predicted octanol–water partition coefficient (Wildman–Crippen LogP) is 1.89. The van der Waals surface area contributed by atoms with Gasteiger partial charge in [-0.1, -0.05) is 19.3 Å². The number of aromatic hydroxyl groups is 1. The van der Waals surface area contributed by atoms with E-state index in [0.29, 0.717) is 5.82 Å². The normalized spacial score (nSPS) is 19.2. The highest BCUT2D eigenvalue weighted by Crippen LogP contribution is 2.38. The van der Waals surface area contributed by atoms with E-state index in [1.54, 1.807) is 29.7 Å². The van der Waals surface area contributed by atoms with E-state index in [2.05, 4.69) is 9.97 Å². The van der Waals surface area contributed by atoms with Crippen LogP contribution >= 0.6 is 22.6 Å². The molecule has 0 spiro atoms. The molecular weight excluding hydrogens is 335 g/mol. The molecule has 0 aromatic carbocycles. The van der Waals surface area contributed by atoms with Gasteiger partial charge in [-0.25, -0.2) is 0 Å². The van der Waals surface area contributed by atoms with Crippen LogP contribution in [-0.4, -0.2) is 22.2 Å². The van der Waals surface area contributed by atoms with Crippen molar-refractivity contribution in [1.82, 2.24) is 9.97 Å². The summed E-state index contributed by atoms with van der Waals surface area (Å²) in [4.78, 5) is 18.4. The van der Waals surface area contributed by atoms with Crippen molar-refractivity contribution in [1.29, 1.82) is 0 Å². The molecule has 0 saturated heterocycles. The Hall–Kier alpha value is -0.630. The van der Waals surface area contributed by atoms with Crippen LogP contribution in [0.25, 0.3) is 0 Å². The smallest absolute Gasteiger partial charge is 0.268 e. The van der Waals surface area contributed by atoms with Crippen molar-refractivity contribution < 1.29 is 9.84 Å². The van der Waals surface area contributed by atoms with E-state index in [1.165, 1.54) is 6.42 Å². The monoisotopic (exact) mass is 350 g/mol. The Bertz CT molecular complexity index is 466. The maximum Gasteiger partial charge on any atom is 0.268 e. The summed E-state index contributed by atoms with van der Waals surface area (Å²) in [5.41, 5.74) is -0.853. The number of ether oxygens (including phenoxy) is 1. The van der Waals surface area contributed by atoms with E-state index in [0.717, 1.165) is 25.7 Å². The Morgan fingerprint density at radius 3 is 2.59 bits per heavy atom. The van der Waals surface area contributed by atoms with Crippen LogP contribution in [0.3, 0.4) is 0 Å². The van der Waals surface area contributed by atoms with E-state index in [9.17, 15) is 9.90 Å². The fourth-order valence-electron chi connectivity index (χ4n) is 2.32. The van der Waals surface area contributed by atoms with Gasteiger partial charge in [-0.3, -0.25) is 4.79 Å². The fraction of sp³-hybridized carbons (Fsp3) is 0.636. The van der Waals surface area contributed by atoms with Crippen LogP contribution in [0, 0.1) is 3.57 Å². The van der Waals surface area contributed by atoms with Gasteiger partial charge >= 0.3 is 0 Å². The number of rotatable bonds is 2. The van der Waals surface area contributed by atoms with E-state index < -0.39 is 5.60 Å². The van der Waals surface area contributed by atoms with Crippen LogP contribution in [0.2, 0.25) is 0 Å². The Morgan fingerprint density at radius 1 is 1.41 bits per heavy atom. The minimum absolute atomic E-state index is 0.216. The molecule has 6 heteroatoms. The number of hydrogen-bond donors (Lipinski definition) is 2. The standard InChI is InChI=1S/C11H15IN2O3/c1-17-11(5-3-2-4-6-11)10-13-8(15)7(12)9(16)14-10/h2-6H2,1H3,(H2,13,14,15,16). The quantitative estimate of drug-likeness (QED) is 0.799. The molecule has 0 bridgehead atoms. The van der Waals surface area contributed by atoms with Gasteiger partial charge in [0.05, 0.1) is 0 Å². The van der Waals surface area contributed by atoms with Crippen molar-refractivity contribution in [2.75, 3.05) is 7.11 Å². The number of nitrogens with zero attached hydrogens (tertiary/aromatic N) is 1. The zero-order chi connectivity index (χ0) is 12.5. The molecule has 94 valence electrons. The van der Waals surface area contributed by atoms with Gasteiger partial charge in [0.15, 0.2) is 0 Å². The molecule has 1 heterocycles. The minimum Gasteiger partial charge on any atom is -0.492 e. The maximum absolute atomic E-state index is 11.6. The zero-order valence-corrected chi connectivity index (χ0v) is 11.8. The lowest BCUT2D eigenvalue weighted by atomic mass is 9.84. The van der Waals surface area contributed by atoms with Crippen LogP contribution in [0.5, 0.6) is 5.88 Å². The van der Waals surface area contributed by atoms with Crippen molar-refractivity contribution in [3.05, 3.63) is 19.7 Å². The fourth-order valence-corrected chi connectivity index (χ4v) is 2.58. The van der Waals surface area contributed by atoms with E-state index >= 15 is 0 Å². The molecule has 17 heavy (non-hydrogen) atoms. The maximum atomic E-state index is 11.6. The molecular formula is C11H15IN2O3. The molecule has 0 unspecified atom stereocenters.